The number of likely N-dealkylation sites (tertiary alicyclic amines) is 2. The van der Waals surface area contributed by atoms with Crippen molar-refractivity contribution in [2.75, 3.05) is 38.2 Å². The van der Waals surface area contributed by atoms with E-state index < -0.39 is 113 Å². The highest BCUT2D eigenvalue weighted by Crippen LogP contribution is 2.27. The van der Waals surface area contributed by atoms with Crippen LogP contribution < -0.4 is 59.7 Å². The molecule has 10 amide bonds. The number of primary amides is 1. The van der Waals surface area contributed by atoms with Gasteiger partial charge in [0.15, 0.2) is 5.96 Å². The number of para-hydroxylation sites is 1. The van der Waals surface area contributed by atoms with Gasteiger partial charge in [0.05, 0.1) is 0 Å². The fourth-order valence-electron chi connectivity index (χ4n) is 11.3. The second-order valence-electron chi connectivity index (χ2n) is 23.1. The van der Waals surface area contributed by atoms with Crippen LogP contribution in [0.4, 0.5) is 0 Å². The molecular formula is C63H89N15O10S. The maximum atomic E-state index is 15.2. The molecule has 16 N–H and O–H groups in total. The second-order valence-corrected chi connectivity index (χ2v) is 24.0. The third-order valence-corrected chi connectivity index (χ3v) is 16.6. The summed E-state index contributed by atoms with van der Waals surface area (Å²) in [6, 6.07) is 15.2. The minimum Gasteiger partial charge on any atom is -0.370 e. The number of nitrogens with one attached hydrogen (secondary N) is 10. The first-order valence-electron chi connectivity index (χ1n) is 30.6. The van der Waals surface area contributed by atoms with Crippen LogP contribution in [-0.4, -0.2) is 172 Å². The smallest absolute Gasteiger partial charge is 0.246 e. The molecule has 6 rings (SSSR count). The van der Waals surface area contributed by atoms with E-state index in [0.29, 0.717) is 55.5 Å². The number of unbranched alkanes of at least 4 members (excludes halogenated alkanes) is 1. The van der Waals surface area contributed by atoms with Crippen LogP contribution in [0, 0.1) is 11.3 Å². The van der Waals surface area contributed by atoms with E-state index in [1.54, 1.807) is 74.6 Å². The van der Waals surface area contributed by atoms with Crippen LogP contribution in [0.5, 0.6) is 0 Å². The Kier molecular flexibility index (Phi) is 27.3. The lowest BCUT2D eigenvalue weighted by Crippen LogP contribution is -2.61. The maximum absolute atomic E-state index is 15.2. The lowest BCUT2D eigenvalue weighted by Gasteiger charge is -2.34. The molecule has 1 aromatic heterocycles. The van der Waals surface area contributed by atoms with Crippen LogP contribution in [0.1, 0.15) is 102 Å². The Labute approximate surface area is 523 Å². The van der Waals surface area contributed by atoms with Gasteiger partial charge in [-0.2, -0.15) is 11.8 Å². The summed E-state index contributed by atoms with van der Waals surface area (Å²) in [5, 5.41) is 30.6. The number of hydrogen-bond donors (Lipinski definition) is 13. The lowest BCUT2D eigenvalue weighted by molar-refractivity contribution is -0.148. The molecule has 2 saturated heterocycles. The highest BCUT2D eigenvalue weighted by Gasteiger charge is 2.45. The molecule has 0 radical (unpaired) electrons. The average molecular weight is 1250 g/mol. The van der Waals surface area contributed by atoms with Crippen molar-refractivity contribution in [3.05, 3.63) is 108 Å². The summed E-state index contributed by atoms with van der Waals surface area (Å²) >= 11 is 1.42. The second kappa shape index (κ2) is 34.9. The molecule has 26 heteroatoms. The van der Waals surface area contributed by atoms with Crippen LogP contribution in [0.2, 0.25) is 0 Å². The van der Waals surface area contributed by atoms with Crippen LogP contribution in [-0.2, 0) is 67.2 Å². The van der Waals surface area contributed by atoms with Crippen LogP contribution in [0.25, 0.3) is 10.9 Å². The van der Waals surface area contributed by atoms with E-state index in [1.807, 2.05) is 36.6 Å². The third-order valence-electron chi connectivity index (χ3n) is 16.0. The number of H-pyrrole nitrogens is 1. The summed E-state index contributed by atoms with van der Waals surface area (Å²) in [5.74, 6) is -6.41. The van der Waals surface area contributed by atoms with Gasteiger partial charge in [-0.1, -0.05) is 92.7 Å². The maximum Gasteiger partial charge on any atom is 0.246 e. The Hall–Kier alpha value is -8.52. The minimum absolute atomic E-state index is 0.00135. The lowest BCUT2D eigenvalue weighted by atomic mass is 10.0. The van der Waals surface area contributed by atoms with E-state index in [0.717, 1.165) is 16.5 Å². The van der Waals surface area contributed by atoms with Crippen LogP contribution in [0.3, 0.4) is 0 Å². The molecule has 2 aliphatic rings. The number of benzene rings is 3. The molecule has 89 heavy (non-hydrogen) atoms. The zero-order chi connectivity index (χ0) is 64.6. The van der Waals surface area contributed by atoms with Crippen molar-refractivity contribution < 1.29 is 47.9 Å². The molecule has 0 unspecified atom stereocenters. The van der Waals surface area contributed by atoms with Gasteiger partial charge in [0, 0.05) is 62.9 Å². The predicted octanol–water partition coefficient (Wildman–Crippen LogP) is 0.878. The molecule has 0 saturated carbocycles. The molecule has 0 bridgehead atoms. The molecule has 0 spiro atoms. The number of hydrogen-bond acceptors (Lipinski definition) is 13. The monoisotopic (exact) mass is 1250 g/mol. The number of guanidine groups is 1. The number of amides is 10. The van der Waals surface area contributed by atoms with Gasteiger partial charge in [-0.15, -0.1) is 0 Å². The number of nitrogens with zero attached hydrogens (tertiary/aromatic N) is 2. The van der Waals surface area contributed by atoms with Gasteiger partial charge in [0.1, 0.15) is 54.4 Å². The fraction of sp³-hybridized carbons (Fsp3) is 0.508. The van der Waals surface area contributed by atoms with Crippen molar-refractivity contribution in [1.82, 2.24) is 57.3 Å². The molecule has 2 aliphatic heterocycles. The molecule has 2 fully saturated rings. The predicted molar refractivity (Wildman–Crippen MR) is 340 cm³/mol. The zero-order valence-corrected chi connectivity index (χ0v) is 52.1. The van der Waals surface area contributed by atoms with Crippen molar-refractivity contribution in [2.24, 2.45) is 23.1 Å². The van der Waals surface area contributed by atoms with Crippen molar-refractivity contribution in [3.8, 4) is 0 Å². The standard InChI is InChI=1S/C63H89N15O10S/c1-38(2)53(54(65)80)76-59(85)49(36-42-37-69-44-23-12-11-22-43(42)44)74-60(86)51-26-16-31-77(51)62(88)52-27-17-32-78(52)61(87)50(35-41-20-9-6-10-21-41)75-58(84)48(34-40-18-7-5-8-19-40)73-57(83)47(28-33-89-4)72-56(82)46(24-13-14-29-64)71-55(81)45(70-39(3)79)25-15-30-68-63(66)67/h5-12,18-23,37-38,45-53,69H,13-17,24-36,64H2,1-4H3,(H2,65,80)(H,70,79)(H,71,81)(H,72,82)(H,73,83)(H,74,86)(H,75,84)(H,76,85)(H4,66,67,68)/t45-,46-,47-,48+,49+,50-,51-,52-,53-/m0/s1. The van der Waals surface area contributed by atoms with E-state index in [1.165, 1.54) is 28.5 Å². The number of fused-ring (bicyclic) bond motifs is 1. The largest absolute Gasteiger partial charge is 0.370 e. The molecular weight excluding hydrogens is 1160 g/mol. The molecule has 482 valence electrons. The number of carbonyl (C=O) groups is 10. The molecule has 9 atom stereocenters. The van der Waals surface area contributed by atoms with E-state index >= 15 is 9.59 Å². The van der Waals surface area contributed by atoms with Gasteiger partial charge in [0.2, 0.25) is 59.1 Å². The zero-order valence-electron chi connectivity index (χ0n) is 51.3. The van der Waals surface area contributed by atoms with E-state index in [4.69, 9.17) is 22.6 Å². The number of thioether (sulfide) groups is 1. The summed E-state index contributed by atoms with van der Waals surface area (Å²) in [7, 11) is 0. The van der Waals surface area contributed by atoms with Gasteiger partial charge in [-0.25, -0.2) is 0 Å². The Morgan fingerprint density at radius 3 is 1.72 bits per heavy atom. The molecule has 3 heterocycles. The first-order valence-corrected chi connectivity index (χ1v) is 32.0. The van der Waals surface area contributed by atoms with Crippen molar-refractivity contribution in [2.45, 2.75) is 159 Å². The van der Waals surface area contributed by atoms with E-state index in [2.05, 4.69) is 47.5 Å². The Morgan fingerprint density at radius 2 is 1.12 bits per heavy atom. The topological polar surface area (TPSA) is 391 Å². The molecule has 0 aliphatic carbocycles. The summed E-state index contributed by atoms with van der Waals surface area (Å²) in [5.41, 5.74) is 19.8. The van der Waals surface area contributed by atoms with Gasteiger partial charge >= 0.3 is 0 Å². The van der Waals surface area contributed by atoms with Crippen molar-refractivity contribution >= 4 is 87.7 Å². The molecule has 25 nitrogen and oxygen atoms in total. The normalized spacial score (nSPS) is 17.0. The summed E-state index contributed by atoms with van der Waals surface area (Å²) in [6.45, 7) is 5.67. The number of carbonyl (C=O) groups excluding carboxylic acids is 10. The quantitative estimate of drug-likeness (QED) is 0.0176. The van der Waals surface area contributed by atoms with Gasteiger partial charge in [0.25, 0.3) is 0 Å². The van der Waals surface area contributed by atoms with Gasteiger partial charge < -0.3 is 74.5 Å². The number of aromatic amines is 1. The van der Waals surface area contributed by atoms with E-state index in [9.17, 15) is 38.4 Å². The minimum atomic E-state index is -1.31. The highest BCUT2D eigenvalue weighted by molar-refractivity contribution is 7.98. The Balaban J connectivity index is 1.22. The van der Waals surface area contributed by atoms with Crippen molar-refractivity contribution in [3.63, 3.8) is 0 Å². The van der Waals surface area contributed by atoms with Gasteiger partial charge in [-0.3, -0.25) is 53.4 Å². The highest BCUT2D eigenvalue weighted by atomic mass is 32.2. The number of aromatic nitrogens is 1. The fourth-order valence-corrected chi connectivity index (χ4v) is 11.8. The molecule has 4 aromatic rings. The SMILES string of the molecule is CSCC[C@H](NC(=O)[C@H](CCCCN)NC(=O)[C@H](CCCNC(=N)N)NC(C)=O)C(=O)N[C@H](Cc1ccccc1)C(=O)N[C@@H](Cc1ccccc1)C(=O)N1CCC[C@H]1C(=O)N1CCC[C@H]1C(=O)N[C@H](Cc1c[nH]c2ccccc12)C(=O)N[C@H](C(N)=O)C(C)C. The first-order chi connectivity index (χ1) is 42.7. The Bertz CT molecular complexity index is 3080. The summed E-state index contributed by atoms with van der Waals surface area (Å²) in [4.78, 5) is 147. The summed E-state index contributed by atoms with van der Waals surface area (Å²) in [6.07, 6.45) is 6.75. The number of nitrogens with two attached hydrogens (primary N) is 3. The molecule has 3 aromatic carbocycles. The average Bonchev–Trinajstić information content (AvgIpc) is 2.06. The van der Waals surface area contributed by atoms with Crippen LogP contribution >= 0.6 is 11.8 Å². The third kappa shape index (κ3) is 20.8. The van der Waals surface area contributed by atoms with Crippen molar-refractivity contribution in [1.29, 1.82) is 5.41 Å². The Morgan fingerprint density at radius 1 is 0.607 bits per heavy atom. The number of rotatable bonds is 34. The summed E-state index contributed by atoms with van der Waals surface area (Å²) < 4.78 is 0. The van der Waals surface area contributed by atoms with Gasteiger partial charge in [-0.05, 0) is 111 Å². The van der Waals surface area contributed by atoms with E-state index in [-0.39, 0.29) is 82.9 Å². The first kappa shape index (κ1) is 69.6. The van der Waals surface area contributed by atoms with Crippen LogP contribution in [0.15, 0.2) is 91.1 Å².